The molecule has 0 amide bonds. The van der Waals surface area contributed by atoms with Gasteiger partial charge in [0.2, 0.25) is 10.0 Å². The molecule has 6 heteroatoms. The monoisotopic (exact) mass is 275 g/mol. The fourth-order valence-corrected chi connectivity index (χ4v) is 2.00. The first-order valence-electron chi connectivity index (χ1n) is 4.05. The number of hydrogen-bond donors (Lipinski definition) is 1. The number of sulfonamides is 1. The van der Waals surface area contributed by atoms with Crippen LogP contribution >= 0.6 is 15.9 Å². The Bertz CT molecular complexity index is 243. The second-order valence-corrected chi connectivity index (χ2v) is 6.16. The molecule has 0 radical (unpaired) electrons. The van der Waals surface area contributed by atoms with Gasteiger partial charge in [0.25, 0.3) is 0 Å². The summed E-state index contributed by atoms with van der Waals surface area (Å²) in [6, 6.07) is 0. The van der Waals surface area contributed by atoms with E-state index in [0.717, 1.165) is 0 Å². The average Bonchev–Trinajstić information content (AvgIpc) is 1.96. The maximum atomic E-state index is 12.4. The van der Waals surface area contributed by atoms with E-state index < -0.39 is 20.4 Å². The van der Waals surface area contributed by atoms with E-state index in [-0.39, 0.29) is 5.92 Å². The standard InChI is InChI=1S/C7H15BrFNO2S/c1-5(3-4-7(8)9)6(2)13(10,11)12/h5-7H,3-4H2,1-2H3,(H2,10,11,12)/t5-,6+,7?/m0/s1. The molecule has 0 aliphatic heterocycles. The summed E-state index contributed by atoms with van der Waals surface area (Å²) in [5, 5.41) is 3.27. The number of hydrogen-bond acceptors (Lipinski definition) is 2. The summed E-state index contributed by atoms with van der Waals surface area (Å²) >= 11 is 2.76. The Morgan fingerprint density at radius 3 is 2.15 bits per heavy atom. The lowest BCUT2D eigenvalue weighted by Crippen LogP contribution is -2.31. The second-order valence-electron chi connectivity index (χ2n) is 3.24. The second kappa shape index (κ2) is 5.26. The van der Waals surface area contributed by atoms with Gasteiger partial charge in [-0.3, -0.25) is 0 Å². The van der Waals surface area contributed by atoms with E-state index in [2.05, 4.69) is 15.9 Å². The molecule has 0 aromatic rings. The minimum atomic E-state index is -3.49. The lowest BCUT2D eigenvalue weighted by molar-refractivity contribution is 0.386. The summed E-state index contributed by atoms with van der Waals surface area (Å²) in [5.74, 6) is -0.120. The topological polar surface area (TPSA) is 60.2 Å². The first kappa shape index (κ1) is 13.3. The lowest BCUT2D eigenvalue weighted by Gasteiger charge is -2.17. The average molecular weight is 276 g/mol. The molecule has 0 heterocycles. The van der Waals surface area contributed by atoms with Gasteiger partial charge in [-0.1, -0.05) is 22.9 Å². The highest BCUT2D eigenvalue weighted by molar-refractivity contribution is 9.09. The van der Waals surface area contributed by atoms with E-state index in [1.54, 1.807) is 13.8 Å². The zero-order chi connectivity index (χ0) is 10.6. The largest absolute Gasteiger partial charge is 0.235 e. The van der Waals surface area contributed by atoms with Crippen LogP contribution in [-0.4, -0.2) is 18.7 Å². The molecule has 0 bridgehead atoms. The molecule has 0 fully saturated rings. The molecule has 3 nitrogen and oxygen atoms in total. The van der Waals surface area contributed by atoms with E-state index in [1.165, 1.54) is 0 Å². The molecule has 0 aromatic carbocycles. The Kier molecular flexibility index (Phi) is 5.39. The van der Waals surface area contributed by atoms with Crippen LogP contribution in [0.3, 0.4) is 0 Å². The first-order chi connectivity index (χ1) is 5.75. The van der Waals surface area contributed by atoms with Gasteiger partial charge in [-0.05, 0) is 25.7 Å². The third kappa shape index (κ3) is 5.59. The summed E-state index contributed by atoms with van der Waals surface area (Å²) < 4.78 is 34.1. The van der Waals surface area contributed by atoms with Gasteiger partial charge in [-0.2, -0.15) is 0 Å². The van der Waals surface area contributed by atoms with Gasteiger partial charge in [0, 0.05) is 0 Å². The van der Waals surface area contributed by atoms with Crippen LogP contribution in [0.4, 0.5) is 4.39 Å². The molecule has 0 rings (SSSR count). The lowest BCUT2D eigenvalue weighted by atomic mass is 10.0. The minimum absolute atomic E-state index is 0.120. The Hall–Kier alpha value is 0.320. The van der Waals surface area contributed by atoms with Crippen LogP contribution in [0, 0.1) is 5.92 Å². The predicted molar refractivity (Wildman–Crippen MR) is 54.8 cm³/mol. The molecule has 0 saturated heterocycles. The van der Waals surface area contributed by atoms with Crippen molar-refractivity contribution in [3.63, 3.8) is 0 Å². The SMILES string of the molecule is C[C@H]([C@@H](C)CCC(F)Br)S(N)(=O)=O. The molecule has 2 N–H and O–H groups in total. The van der Waals surface area contributed by atoms with Crippen LogP contribution in [0.25, 0.3) is 0 Å². The van der Waals surface area contributed by atoms with E-state index in [9.17, 15) is 12.8 Å². The van der Waals surface area contributed by atoms with Crippen molar-refractivity contribution in [1.29, 1.82) is 0 Å². The van der Waals surface area contributed by atoms with Crippen molar-refractivity contribution in [3.8, 4) is 0 Å². The normalized spacial score (nSPS) is 19.5. The molecule has 80 valence electrons. The fraction of sp³-hybridized carbons (Fsp3) is 1.00. The van der Waals surface area contributed by atoms with Gasteiger partial charge in [-0.15, -0.1) is 0 Å². The molecule has 0 aromatic heterocycles. The van der Waals surface area contributed by atoms with Crippen molar-refractivity contribution < 1.29 is 12.8 Å². The van der Waals surface area contributed by atoms with Gasteiger partial charge in [0.15, 0.2) is 5.08 Å². The molecule has 3 atom stereocenters. The Balaban J connectivity index is 4.05. The van der Waals surface area contributed by atoms with E-state index in [1.807, 2.05) is 0 Å². The molecule has 13 heavy (non-hydrogen) atoms. The highest BCUT2D eigenvalue weighted by Crippen LogP contribution is 2.19. The zero-order valence-electron chi connectivity index (χ0n) is 7.70. The van der Waals surface area contributed by atoms with Crippen LogP contribution in [0.2, 0.25) is 0 Å². The van der Waals surface area contributed by atoms with E-state index >= 15 is 0 Å². The van der Waals surface area contributed by atoms with Crippen molar-refractivity contribution in [2.24, 2.45) is 11.1 Å². The molecule has 0 aliphatic rings. The molecule has 1 unspecified atom stereocenters. The Morgan fingerprint density at radius 2 is 1.85 bits per heavy atom. The summed E-state index contributed by atoms with van der Waals surface area (Å²) in [4.78, 5) is 0. The van der Waals surface area contributed by atoms with Crippen LogP contribution in [0.1, 0.15) is 26.7 Å². The molecule has 0 saturated carbocycles. The maximum absolute atomic E-state index is 12.4. The quantitative estimate of drug-likeness (QED) is 0.778. The van der Waals surface area contributed by atoms with Crippen molar-refractivity contribution in [1.82, 2.24) is 0 Å². The maximum Gasteiger partial charge on any atom is 0.211 e. The van der Waals surface area contributed by atoms with Crippen molar-refractivity contribution in [2.75, 3.05) is 0 Å². The van der Waals surface area contributed by atoms with Crippen LogP contribution in [0.5, 0.6) is 0 Å². The fourth-order valence-electron chi connectivity index (χ4n) is 0.947. The molecule has 0 aliphatic carbocycles. The molecule has 0 spiro atoms. The van der Waals surface area contributed by atoms with Gasteiger partial charge in [0.05, 0.1) is 5.25 Å². The summed E-state index contributed by atoms with van der Waals surface area (Å²) in [6.45, 7) is 3.30. The zero-order valence-corrected chi connectivity index (χ0v) is 10.1. The van der Waals surface area contributed by atoms with E-state index in [0.29, 0.717) is 12.8 Å². The van der Waals surface area contributed by atoms with Crippen molar-refractivity contribution >= 4 is 26.0 Å². The highest BCUT2D eigenvalue weighted by atomic mass is 79.9. The summed E-state index contributed by atoms with van der Waals surface area (Å²) in [5.41, 5.74) is 0. The summed E-state index contributed by atoms with van der Waals surface area (Å²) in [7, 11) is -3.49. The predicted octanol–water partition coefficient (Wildman–Crippen LogP) is 1.77. The Labute approximate surface area is 87.1 Å². The molecular weight excluding hydrogens is 261 g/mol. The number of halogens is 2. The first-order valence-corrected chi connectivity index (χ1v) is 6.57. The van der Waals surface area contributed by atoms with Gasteiger partial charge in [0.1, 0.15) is 0 Å². The third-order valence-corrected chi connectivity index (χ3v) is 4.12. The smallest absolute Gasteiger partial charge is 0.211 e. The van der Waals surface area contributed by atoms with Crippen LogP contribution < -0.4 is 5.14 Å². The van der Waals surface area contributed by atoms with Crippen molar-refractivity contribution in [3.05, 3.63) is 0 Å². The van der Waals surface area contributed by atoms with Gasteiger partial charge in [-0.25, -0.2) is 17.9 Å². The van der Waals surface area contributed by atoms with E-state index in [4.69, 9.17) is 5.14 Å². The number of rotatable bonds is 5. The molecular formula is C7H15BrFNO2S. The van der Waals surface area contributed by atoms with Crippen LogP contribution in [0.15, 0.2) is 0 Å². The Morgan fingerprint density at radius 1 is 1.38 bits per heavy atom. The number of nitrogens with two attached hydrogens (primary N) is 1. The minimum Gasteiger partial charge on any atom is -0.235 e. The van der Waals surface area contributed by atoms with Crippen LogP contribution in [-0.2, 0) is 10.0 Å². The number of alkyl halides is 2. The number of primary sulfonamides is 1. The highest BCUT2D eigenvalue weighted by Gasteiger charge is 2.23. The van der Waals surface area contributed by atoms with Gasteiger partial charge < -0.3 is 0 Å². The summed E-state index contributed by atoms with van der Waals surface area (Å²) in [6.07, 6.45) is 0.811. The third-order valence-electron chi connectivity index (χ3n) is 2.16. The van der Waals surface area contributed by atoms with Gasteiger partial charge >= 0.3 is 0 Å². The van der Waals surface area contributed by atoms with Crippen molar-refractivity contribution in [2.45, 2.75) is 37.0 Å².